The van der Waals surface area contributed by atoms with E-state index >= 15 is 0 Å². The first-order chi connectivity index (χ1) is 15.7. The zero-order valence-corrected chi connectivity index (χ0v) is 18.6. The molecule has 0 saturated carbocycles. The third-order valence-corrected chi connectivity index (χ3v) is 6.40. The summed E-state index contributed by atoms with van der Waals surface area (Å²) in [5.41, 5.74) is 3.96. The summed E-state index contributed by atoms with van der Waals surface area (Å²) < 4.78 is 8.72. The van der Waals surface area contributed by atoms with Crippen molar-refractivity contribution in [2.45, 2.75) is 6.92 Å². The van der Waals surface area contributed by atoms with Gasteiger partial charge in [0.15, 0.2) is 4.80 Å². The van der Waals surface area contributed by atoms with Crippen LogP contribution in [0.4, 0.5) is 0 Å². The molecule has 32 heavy (non-hydrogen) atoms. The number of amides is 1. The molecule has 0 N–H and O–H groups in total. The molecule has 6 heteroatoms. The highest BCUT2D eigenvalue weighted by Crippen LogP contribution is 2.28. The molecule has 2 aromatic heterocycles. The number of carbonyl (C=O) groups is 1. The molecule has 0 fully saturated rings. The van der Waals surface area contributed by atoms with Crippen molar-refractivity contribution in [1.82, 2.24) is 9.55 Å². The maximum Gasteiger partial charge on any atom is 0.280 e. The highest BCUT2D eigenvalue weighted by molar-refractivity contribution is 7.16. The van der Waals surface area contributed by atoms with E-state index in [1.165, 1.54) is 11.3 Å². The van der Waals surface area contributed by atoms with Gasteiger partial charge < -0.3 is 9.30 Å². The van der Waals surface area contributed by atoms with Gasteiger partial charge >= 0.3 is 0 Å². The van der Waals surface area contributed by atoms with Crippen LogP contribution in [0.3, 0.4) is 0 Å². The second-order valence-electron chi connectivity index (χ2n) is 7.33. The Labute approximate surface area is 189 Å². The average molecular weight is 440 g/mol. The quantitative estimate of drug-likeness (QED) is 0.367. The Kier molecular flexibility index (Phi) is 5.29. The number of ether oxygens (including phenoxy) is 1. The number of hydrogen-bond donors (Lipinski definition) is 0. The molecule has 5 rings (SSSR count). The van der Waals surface area contributed by atoms with E-state index in [4.69, 9.17) is 9.72 Å². The fourth-order valence-electron chi connectivity index (χ4n) is 3.80. The molecule has 0 radical (unpaired) electrons. The Morgan fingerprint density at radius 2 is 1.81 bits per heavy atom. The van der Waals surface area contributed by atoms with Gasteiger partial charge in [-0.05, 0) is 31.2 Å². The number of aromatic nitrogens is 2. The summed E-state index contributed by atoms with van der Waals surface area (Å²) in [6, 6.07) is 25.3. The number of carbonyl (C=O) groups excluding carboxylic acids is 1. The molecule has 0 bridgehead atoms. The SMILES string of the molecule is CCOc1cccc2sc(=NC(=O)c3cc(-c4ccccc4)nc4ccccc34)n(C)c12. The van der Waals surface area contributed by atoms with E-state index in [2.05, 4.69) is 4.99 Å². The van der Waals surface area contributed by atoms with Crippen LogP contribution in [0.1, 0.15) is 17.3 Å². The van der Waals surface area contributed by atoms with Gasteiger partial charge in [0.2, 0.25) is 0 Å². The third-order valence-electron chi connectivity index (χ3n) is 5.30. The Bertz CT molecular complexity index is 1520. The number of rotatable bonds is 4. The number of fused-ring (bicyclic) bond motifs is 2. The van der Waals surface area contributed by atoms with Crippen LogP contribution < -0.4 is 9.54 Å². The lowest BCUT2D eigenvalue weighted by Crippen LogP contribution is -2.14. The summed E-state index contributed by atoms with van der Waals surface area (Å²) in [5.74, 6) is 0.499. The van der Waals surface area contributed by atoms with Crippen molar-refractivity contribution in [3.05, 3.63) is 89.2 Å². The van der Waals surface area contributed by atoms with Crippen molar-refractivity contribution in [3.63, 3.8) is 0 Å². The maximum atomic E-state index is 13.4. The van der Waals surface area contributed by atoms with E-state index in [0.717, 1.165) is 38.1 Å². The van der Waals surface area contributed by atoms with Gasteiger partial charge in [-0.3, -0.25) is 4.79 Å². The van der Waals surface area contributed by atoms with Gasteiger partial charge in [0.1, 0.15) is 11.3 Å². The Morgan fingerprint density at radius 3 is 2.62 bits per heavy atom. The standard InChI is InChI=1S/C26H21N3O2S/c1-3-31-22-14-9-15-23-24(22)29(2)26(32-23)28-25(30)19-16-21(17-10-5-4-6-11-17)27-20-13-8-7-12-18(19)20/h4-16H,3H2,1-2H3. The number of benzene rings is 3. The van der Waals surface area contributed by atoms with Gasteiger partial charge in [-0.25, -0.2) is 4.98 Å². The smallest absolute Gasteiger partial charge is 0.280 e. The second kappa shape index (κ2) is 8.40. The lowest BCUT2D eigenvalue weighted by atomic mass is 10.0. The second-order valence-corrected chi connectivity index (χ2v) is 8.34. The van der Waals surface area contributed by atoms with E-state index in [9.17, 15) is 4.79 Å². The molecule has 0 aliphatic heterocycles. The number of thiazole rings is 1. The van der Waals surface area contributed by atoms with Crippen LogP contribution in [-0.2, 0) is 7.05 Å². The monoisotopic (exact) mass is 439 g/mol. The molecule has 0 aliphatic carbocycles. The van der Waals surface area contributed by atoms with E-state index < -0.39 is 0 Å². The predicted octanol–water partition coefficient (Wildman–Crippen LogP) is 5.59. The van der Waals surface area contributed by atoms with Crippen LogP contribution >= 0.6 is 11.3 Å². The lowest BCUT2D eigenvalue weighted by molar-refractivity contribution is 0.0999. The zero-order valence-electron chi connectivity index (χ0n) is 17.8. The van der Waals surface area contributed by atoms with E-state index in [0.29, 0.717) is 17.0 Å². The zero-order chi connectivity index (χ0) is 22.1. The van der Waals surface area contributed by atoms with Crippen molar-refractivity contribution in [2.75, 3.05) is 6.61 Å². The summed E-state index contributed by atoms with van der Waals surface area (Å²) >= 11 is 1.47. The minimum atomic E-state index is -0.291. The molecule has 0 atom stereocenters. The molecule has 1 amide bonds. The molecule has 5 nitrogen and oxygen atoms in total. The van der Waals surface area contributed by atoms with Crippen molar-refractivity contribution >= 4 is 38.4 Å². The molecule has 0 spiro atoms. The van der Waals surface area contributed by atoms with E-state index in [1.807, 2.05) is 97.4 Å². The van der Waals surface area contributed by atoms with Gasteiger partial charge in [-0.1, -0.05) is 65.9 Å². The van der Waals surface area contributed by atoms with Gasteiger partial charge in [0.05, 0.1) is 28.1 Å². The van der Waals surface area contributed by atoms with Crippen molar-refractivity contribution in [2.24, 2.45) is 12.0 Å². The van der Waals surface area contributed by atoms with E-state index in [1.54, 1.807) is 0 Å². The fourth-order valence-corrected chi connectivity index (χ4v) is 4.84. The van der Waals surface area contributed by atoms with Gasteiger partial charge in [0, 0.05) is 18.0 Å². The van der Waals surface area contributed by atoms with Crippen LogP contribution in [0.15, 0.2) is 83.9 Å². The number of nitrogens with zero attached hydrogens (tertiary/aromatic N) is 3. The Balaban J connectivity index is 1.68. The Morgan fingerprint density at radius 1 is 1.03 bits per heavy atom. The summed E-state index contributed by atoms with van der Waals surface area (Å²) in [6.07, 6.45) is 0. The molecular formula is C26H21N3O2S. The van der Waals surface area contributed by atoms with Gasteiger partial charge in [-0.15, -0.1) is 0 Å². The normalized spacial score (nSPS) is 11.9. The number of hydrogen-bond acceptors (Lipinski definition) is 4. The molecule has 0 unspecified atom stereocenters. The summed E-state index contributed by atoms with van der Waals surface area (Å²) in [5, 5.41) is 0.791. The molecule has 0 aliphatic rings. The van der Waals surface area contributed by atoms with E-state index in [-0.39, 0.29) is 5.91 Å². The predicted molar refractivity (Wildman–Crippen MR) is 129 cm³/mol. The topological polar surface area (TPSA) is 56.5 Å². The molecular weight excluding hydrogens is 418 g/mol. The minimum Gasteiger partial charge on any atom is -0.492 e. The first kappa shape index (κ1) is 20.2. The largest absolute Gasteiger partial charge is 0.492 e. The fraction of sp³-hybridized carbons (Fsp3) is 0.115. The summed E-state index contributed by atoms with van der Waals surface area (Å²) in [7, 11) is 1.91. The number of pyridine rings is 1. The molecule has 2 heterocycles. The highest BCUT2D eigenvalue weighted by atomic mass is 32.1. The van der Waals surface area contributed by atoms with Crippen LogP contribution in [0.25, 0.3) is 32.4 Å². The summed E-state index contributed by atoms with van der Waals surface area (Å²) in [4.78, 5) is 23.3. The minimum absolute atomic E-state index is 0.291. The summed E-state index contributed by atoms with van der Waals surface area (Å²) in [6.45, 7) is 2.53. The molecule has 0 saturated heterocycles. The number of para-hydroxylation sites is 2. The van der Waals surface area contributed by atoms with Crippen LogP contribution in [0.2, 0.25) is 0 Å². The highest BCUT2D eigenvalue weighted by Gasteiger charge is 2.15. The maximum absolute atomic E-state index is 13.4. The van der Waals surface area contributed by atoms with Gasteiger partial charge in [-0.2, -0.15) is 4.99 Å². The van der Waals surface area contributed by atoms with Crippen LogP contribution in [-0.4, -0.2) is 22.1 Å². The number of aryl methyl sites for hydroxylation is 1. The first-order valence-corrected chi connectivity index (χ1v) is 11.2. The van der Waals surface area contributed by atoms with Crippen molar-refractivity contribution < 1.29 is 9.53 Å². The Hall–Kier alpha value is -3.77. The van der Waals surface area contributed by atoms with Crippen molar-refractivity contribution in [1.29, 1.82) is 0 Å². The first-order valence-electron chi connectivity index (χ1n) is 10.4. The average Bonchev–Trinajstić information content (AvgIpc) is 3.15. The van der Waals surface area contributed by atoms with Gasteiger partial charge in [0.25, 0.3) is 5.91 Å². The van der Waals surface area contributed by atoms with Crippen molar-refractivity contribution in [3.8, 4) is 17.0 Å². The molecule has 158 valence electrons. The van der Waals surface area contributed by atoms with Crippen LogP contribution in [0.5, 0.6) is 5.75 Å². The lowest BCUT2D eigenvalue weighted by Gasteiger charge is -2.08. The molecule has 3 aromatic carbocycles. The van der Waals surface area contributed by atoms with Crippen LogP contribution in [0, 0.1) is 0 Å². The third kappa shape index (κ3) is 3.59. The molecule has 5 aromatic rings.